The van der Waals surface area contributed by atoms with Crippen LogP contribution < -0.4 is 0 Å². The van der Waals surface area contributed by atoms with Crippen molar-refractivity contribution in [3.8, 4) is 17.3 Å². The van der Waals surface area contributed by atoms with Crippen molar-refractivity contribution in [3.05, 3.63) is 57.6 Å². The Hall–Kier alpha value is -3.09. The van der Waals surface area contributed by atoms with Crippen LogP contribution in [-0.4, -0.2) is 32.4 Å². The number of phenols is 1. The molecule has 0 saturated carbocycles. The fourth-order valence-electron chi connectivity index (χ4n) is 2.91. The number of aromatic amines is 1. The van der Waals surface area contributed by atoms with Gasteiger partial charge in [0.05, 0.1) is 5.56 Å². The third kappa shape index (κ3) is 5.78. The predicted molar refractivity (Wildman–Crippen MR) is 105 cm³/mol. The van der Waals surface area contributed by atoms with Crippen molar-refractivity contribution in [2.75, 3.05) is 0 Å². The van der Waals surface area contributed by atoms with E-state index in [0.29, 0.717) is 35.6 Å². The lowest BCUT2D eigenvalue weighted by Gasteiger charge is -2.11. The Balaban J connectivity index is 0.000000668. The molecule has 2 heterocycles. The van der Waals surface area contributed by atoms with Gasteiger partial charge in [-0.15, -0.1) is 10.2 Å². The summed E-state index contributed by atoms with van der Waals surface area (Å²) < 4.78 is 74.4. The van der Waals surface area contributed by atoms with Gasteiger partial charge in [0.1, 0.15) is 11.3 Å². The van der Waals surface area contributed by atoms with Crippen molar-refractivity contribution in [2.24, 2.45) is 0 Å². The van der Waals surface area contributed by atoms with Crippen molar-refractivity contribution < 1.29 is 35.9 Å². The highest BCUT2D eigenvalue weighted by Crippen LogP contribution is 2.36. The van der Waals surface area contributed by atoms with E-state index in [0.717, 1.165) is 27.6 Å². The van der Waals surface area contributed by atoms with E-state index in [-0.39, 0.29) is 0 Å². The van der Waals surface area contributed by atoms with E-state index in [4.69, 9.17) is 4.42 Å². The number of aromatic hydroxyl groups is 1. The number of hydrogen-bond acceptors (Lipinski definition) is 5. The van der Waals surface area contributed by atoms with E-state index in [2.05, 4.69) is 36.6 Å². The van der Waals surface area contributed by atoms with Crippen LogP contribution in [0, 0.1) is 0 Å². The molecule has 4 rings (SSSR count). The monoisotopic (exact) mass is 522 g/mol. The van der Waals surface area contributed by atoms with Crippen LogP contribution in [0.5, 0.6) is 5.75 Å². The molecule has 2 aromatic carbocycles. The Labute approximate surface area is 184 Å². The Morgan fingerprint density at radius 3 is 2.41 bits per heavy atom. The zero-order valence-corrected chi connectivity index (χ0v) is 17.4. The third-order valence-corrected chi connectivity index (χ3v) is 5.04. The summed E-state index contributed by atoms with van der Waals surface area (Å²) in [6, 6.07) is 9.01. The average molecular weight is 523 g/mol. The van der Waals surface area contributed by atoms with Crippen LogP contribution in [0.15, 0.2) is 45.3 Å². The van der Waals surface area contributed by atoms with Crippen molar-refractivity contribution in [3.63, 3.8) is 0 Å². The third-order valence-electron chi connectivity index (χ3n) is 4.30. The number of aryl methyl sites for hydroxylation is 2. The number of nitrogens with one attached hydrogen (secondary N) is 1. The van der Waals surface area contributed by atoms with Crippen molar-refractivity contribution in [1.29, 1.82) is 0 Å². The van der Waals surface area contributed by atoms with Crippen molar-refractivity contribution >= 4 is 26.9 Å². The molecule has 0 aliphatic carbocycles. The molecule has 4 aromatic rings. The number of hydrogen-bond donors (Lipinski definition) is 2. The Morgan fingerprint density at radius 1 is 1.06 bits per heavy atom. The van der Waals surface area contributed by atoms with Gasteiger partial charge in [0.2, 0.25) is 5.82 Å². The van der Waals surface area contributed by atoms with Crippen LogP contribution in [0.2, 0.25) is 0 Å². The number of alkyl halides is 6. The van der Waals surface area contributed by atoms with Crippen LogP contribution in [0.4, 0.5) is 26.3 Å². The normalized spacial score (nSPS) is 11.6. The standard InChI is InChI=1S/C18H12BrF3N4O2.CHF3/c19-13-6-11-8-16(17-23-25-26-24-17)28-15(11)7-10(13)3-1-9-2-4-14(27)12(5-9)18(20,21)22;2-1(3)4/h2,4-8,27H,1,3H2,(H,23,24,25,26);1H. The number of H-pyrrole nitrogens is 1. The van der Waals surface area contributed by atoms with E-state index in [1.165, 1.54) is 6.07 Å². The summed E-state index contributed by atoms with van der Waals surface area (Å²) in [5.41, 5.74) is 0.933. The number of nitrogens with zero attached hydrogens (tertiary/aromatic N) is 3. The van der Waals surface area contributed by atoms with Gasteiger partial charge in [-0.25, -0.2) is 0 Å². The number of fused-ring (bicyclic) bond motifs is 1. The highest BCUT2D eigenvalue weighted by Gasteiger charge is 2.33. The molecule has 2 N–H and O–H groups in total. The molecule has 0 fully saturated rings. The number of phenolic OH excluding ortho intramolecular Hbond substituents is 1. The lowest BCUT2D eigenvalue weighted by molar-refractivity contribution is -0.138. The number of rotatable bonds is 4. The van der Waals surface area contributed by atoms with Crippen LogP contribution in [0.1, 0.15) is 16.7 Å². The summed E-state index contributed by atoms with van der Waals surface area (Å²) in [4.78, 5) is 0. The van der Waals surface area contributed by atoms with Crippen molar-refractivity contribution in [2.45, 2.75) is 25.7 Å². The summed E-state index contributed by atoms with van der Waals surface area (Å²) in [6.45, 7) is -3.67. The molecule has 0 radical (unpaired) electrons. The number of aromatic nitrogens is 4. The lowest BCUT2D eigenvalue weighted by Crippen LogP contribution is -2.06. The minimum absolute atomic E-state index is 0.331. The topological polar surface area (TPSA) is 87.8 Å². The number of benzene rings is 2. The maximum Gasteiger partial charge on any atom is 0.419 e. The zero-order chi connectivity index (χ0) is 23.5. The molecule has 6 nitrogen and oxygen atoms in total. The fourth-order valence-corrected chi connectivity index (χ4v) is 3.47. The number of tetrazole rings is 1. The van der Waals surface area contributed by atoms with E-state index < -0.39 is 24.2 Å². The van der Waals surface area contributed by atoms with Gasteiger partial charge >= 0.3 is 12.9 Å². The molecule has 13 heteroatoms. The Kier molecular flexibility index (Phi) is 7.06. The summed E-state index contributed by atoms with van der Waals surface area (Å²) in [5.74, 6) is 0.0160. The molecule has 0 atom stereocenters. The van der Waals surface area contributed by atoms with Gasteiger partial charge in [-0.05, 0) is 59.5 Å². The predicted octanol–water partition coefficient (Wildman–Crippen LogP) is 6.06. The second-order valence-corrected chi connectivity index (χ2v) is 7.28. The largest absolute Gasteiger partial charge is 0.507 e. The first-order chi connectivity index (χ1) is 15.0. The maximum atomic E-state index is 13.0. The summed E-state index contributed by atoms with van der Waals surface area (Å²) in [7, 11) is 0. The first-order valence-electron chi connectivity index (χ1n) is 8.81. The van der Waals surface area contributed by atoms with Crippen molar-refractivity contribution in [1.82, 2.24) is 20.6 Å². The van der Waals surface area contributed by atoms with Crippen LogP contribution in [0.25, 0.3) is 22.6 Å². The summed E-state index contributed by atoms with van der Waals surface area (Å²) in [5, 5.41) is 23.9. The van der Waals surface area contributed by atoms with Gasteiger partial charge in [0, 0.05) is 9.86 Å². The Bertz CT molecular complexity index is 1190. The molecule has 0 bridgehead atoms. The molecular weight excluding hydrogens is 510 g/mol. The molecular formula is C19H13BrF6N4O2. The highest BCUT2D eigenvalue weighted by molar-refractivity contribution is 9.10. The SMILES string of the molecule is FC(F)F.Oc1ccc(CCc2cc3oc(-c4nn[nH]n4)cc3cc2Br)cc1C(F)(F)F. The molecule has 32 heavy (non-hydrogen) atoms. The van der Waals surface area contributed by atoms with E-state index >= 15 is 0 Å². The van der Waals surface area contributed by atoms with Gasteiger partial charge in [-0.1, -0.05) is 22.0 Å². The summed E-state index contributed by atoms with van der Waals surface area (Å²) in [6.07, 6.45) is -3.75. The second kappa shape index (κ2) is 9.59. The zero-order valence-electron chi connectivity index (χ0n) is 15.8. The van der Waals surface area contributed by atoms with E-state index in [9.17, 15) is 31.4 Å². The van der Waals surface area contributed by atoms with Gasteiger partial charge in [0.15, 0.2) is 5.76 Å². The van der Waals surface area contributed by atoms with Gasteiger partial charge in [-0.3, -0.25) is 0 Å². The minimum atomic E-state index is -4.60. The highest BCUT2D eigenvalue weighted by atomic mass is 79.9. The van der Waals surface area contributed by atoms with E-state index in [1.807, 2.05) is 12.1 Å². The van der Waals surface area contributed by atoms with Gasteiger partial charge < -0.3 is 9.52 Å². The molecule has 0 saturated heterocycles. The van der Waals surface area contributed by atoms with E-state index in [1.54, 1.807) is 6.07 Å². The quantitative estimate of drug-likeness (QED) is 0.318. The molecule has 0 aliphatic heterocycles. The van der Waals surface area contributed by atoms with Gasteiger partial charge in [0.25, 0.3) is 0 Å². The second-order valence-electron chi connectivity index (χ2n) is 6.42. The molecule has 0 spiro atoms. The molecule has 2 aromatic heterocycles. The lowest BCUT2D eigenvalue weighted by atomic mass is 10.0. The van der Waals surface area contributed by atoms with Crippen LogP contribution in [0.3, 0.4) is 0 Å². The van der Waals surface area contributed by atoms with Crippen LogP contribution >= 0.6 is 15.9 Å². The summed E-state index contributed by atoms with van der Waals surface area (Å²) >= 11 is 3.50. The molecule has 0 amide bonds. The first kappa shape index (κ1) is 23.6. The fraction of sp³-hybridized carbons (Fsp3) is 0.211. The Morgan fingerprint density at radius 2 is 1.78 bits per heavy atom. The van der Waals surface area contributed by atoms with Gasteiger partial charge in [-0.2, -0.15) is 31.6 Å². The minimum Gasteiger partial charge on any atom is -0.507 e. The van der Waals surface area contributed by atoms with Crippen LogP contribution in [-0.2, 0) is 19.0 Å². The molecule has 170 valence electrons. The molecule has 0 aliphatic rings. The maximum absolute atomic E-state index is 13.0. The average Bonchev–Trinajstić information content (AvgIpc) is 3.35. The first-order valence-corrected chi connectivity index (χ1v) is 9.61. The number of furan rings is 1. The molecule has 0 unspecified atom stereocenters. The number of halogens is 7. The smallest absolute Gasteiger partial charge is 0.419 e.